The molecule has 0 saturated carbocycles. The zero-order chi connectivity index (χ0) is 16.2. The minimum Gasteiger partial charge on any atom is -0.378 e. The fourth-order valence-electron chi connectivity index (χ4n) is 3.36. The molecule has 0 aromatic heterocycles. The molecule has 0 radical (unpaired) electrons. The van der Waals surface area contributed by atoms with Crippen LogP contribution < -0.4 is 15.5 Å². The van der Waals surface area contributed by atoms with E-state index in [9.17, 15) is 0 Å². The molecule has 0 amide bonds. The van der Waals surface area contributed by atoms with Crippen molar-refractivity contribution in [3.63, 3.8) is 0 Å². The summed E-state index contributed by atoms with van der Waals surface area (Å²) in [5.74, 6) is 0.894. The molecule has 1 aromatic carbocycles. The molecule has 0 aliphatic carbocycles. The van der Waals surface area contributed by atoms with Crippen molar-refractivity contribution in [2.24, 2.45) is 4.99 Å². The summed E-state index contributed by atoms with van der Waals surface area (Å²) in [4.78, 5) is 6.84. The largest absolute Gasteiger partial charge is 0.378 e. The van der Waals surface area contributed by atoms with E-state index < -0.39 is 0 Å². The second-order valence-corrected chi connectivity index (χ2v) is 6.62. The summed E-state index contributed by atoms with van der Waals surface area (Å²) in [5.41, 5.74) is 2.43. The number of hydrogen-bond acceptors (Lipinski definition) is 3. The summed E-state index contributed by atoms with van der Waals surface area (Å²) in [7, 11) is 4.11. The maximum Gasteiger partial charge on any atom is 0.191 e. The molecule has 3 rings (SSSR count). The first-order valence-corrected chi connectivity index (χ1v) is 8.62. The van der Waals surface area contributed by atoms with Gasteiger partial charge in [0.2, 0.25) is 0 Å². The highest BCUT2D eigenvalue weighted by Gasteiger charge is 2.41. The van der Waals surface area contributed by atoms with Crippen LogP contribution in [0.2, 0.25) is 0 Å². The van der Waals surface area contributed by atoms with Crippen molar-refractivity contribution >= 4 is 35.6 Å². The van der Waals surface area contributed by atoms with Gasteiger partial charge >= 0.3 is 0 Å². The first-order valence-electron chi connectivity index (χ1n) is 8.62. The second kappa shape index (κ2) is 8.89. The Labute approximate surface area is 162 Å². The summed E-state index contributed by atoms with van der Waals surface area (Å²) in [6.07, 6.45) is 4.32. The van der Waals surface area contributed by atoms with Crippen LogP contribution in [0.25, 0.3) is 0 Å². The van der Waals surface area contributed by atoms with Crippen LogP contribution in [0.15, 0.2) is 29.3 Å². The minimum absolute atomic E-state index is 0. The number of benzene rings is 1. The number of rotatable bonds is 5. The van der Waals surface area contributed by atoms with E-state index in [0.29, 0.717) is 24.8 Å². The third-order valence-electron chi connectivity index (χ3n) is 4.64. The number of fused-ring (bicyclic) bond motifs is 2. The van der Waals surface area contributed by atoms with Crippen molar-refractivity contribution in [2.45, 2.75) is 51.0 Å². The lowest BCUT2D eigenvalue weighted by Crippen LogP contribution is -2.47. The Morgan fingerprint density at radius 1 is 1.25 bits per heavy atom. The number of anilines is 1. The lowest BCUT2D eigenvalue weighted by Gasteiger charge is -2.22. The average molecular weight is 444 g/mol. The Hall–Kier alpha value is -1.02. The predicted octanol–water partition coefficient (Wildman–Crippen LogP) is 2.75. The van der Waals surface area contributed by atoms with Crippen LogP contribution in [-0.2, 0) is 11.3 Å². The van der Waals surface area contributed by atoms with Crippen molar-refractivity contribution in [1.29, 1.82) is 0 Å². The number of halogens is 1. The zero-order valence-corrected chi connectivity index (χ0v) is 17.1. The molecule has 134 valence electrons. The van der Waals surface area contributed by atoms with Gasteiger partial charge < -0.3 is 20.3 Å². The van der Waals surface area contributed by atoms with E-state index >= 15 is 0 Å². The van der Waals surface area contributed by atoms with E-state index in [0.717, 1.165) is 18.9 Å². The first kappa shape index (κ1) is 19.3. The summed E-state index contributed by atoms with van der Waals surface area (Å²) in [6, 6.07) is 8.96. The van der Waals surface area contributed by atoms with Gasteiger partial charge in [-0.25, -0.2) is 4.99 Å². The maximum absolute atomic E-state index is 5.91. The maximum atomic E-state index is 5.91. The SMILES string of the molecule is CCNC(=NCc1ccc(N(C)C)cc1)NC1CC2CCC1O2.I. The third-order valence-corrected chi connectivity index (χ3v) is 4.64. The highest BCUT2D eigenvalue weighted by molar-refractivity contribution is 14.0. The summed E-state index contributed by atoms with van der Waals surface area (Å²) < 4.78 is 5.91. The van der Waals surface area contributed by atoms with E-state index in [4.69, 9.17) is 9.73 Å². The molecule has 0 spiro atoms. The average Bonchev–Trinajstić information content (AvgIpc) is 3.16. The minimum atomic E-state index is 0. The fourth-order valence-corrected chi connectivity index (χ4v) is 3.36. The van der Waals surface area contributed by atoms with Gasteiger partial charge in [-0.2, -0.15) is 0 Å². The van der Waals surface area contributed by atoms with Crippen LogP contribution in [0.1, 0.15) is 31.7 Å². The number of aliphatic imine (C=N–C) groups is 1. The number of nitrogens with one attached hydrogen (secondary N) is 2. The van der Waals surface area contributed by atoms with Crippen molar-refractivity contribution in [1.82, 2.24) is 10.6 Å². The van der Waals surface area contributed by atoms with E-state index in [1.54, 1.807) is 0 Å². The smallest absolute Gasteiger partial charge is 0.191 e. The van der Waals surface area contributed by atoms with Crippen LogP contribution in [0.5, 0.6) is 0 Å². The van der Waals surface area contributed by atoms with Crippen molar-refractivity contribution < 1.29 is 4.74 Å². The molecule has 2 bridgehead atoms. The molecule has 2 N–H and O–H groups in total. The van der Waals surface area contributed by atoms with Gasteiger partial charge in [0.1, 0.15) is 0 Å². The van der Waals surface area contributed by atoms with Crippen molar-refractivity contribution in [3.05, 3.63) is 29.8 Å². The molecule has 2 saturated heterocycles. The van der Waals surface area contributed by atoms with Gasteiger partial charge in [-0.1, -0.05) is 12.1 Å². The third kappa shape index (κ3) is 4.75. The standard InChI is InChI=1S/C18H28N4O.HI/c1-4-19-18(21-16-11-15-9-10-17(16)23-15)20-12-13-5-7-14(8-6-13)22(2)3;/h5-8,15-17H,4,9-12H2,1-3H3,(H2,19,20,21);1H. The number of hydrogen-bond donors (Lipinski definition) is 2. The molecule has 24 heavy (non-hydrogen) atoms. The van der Waals surface area contributed by atoms with Crippen LogP contribution in [0.4, 0.5) is 5.69 Å². The molecule has 1 aromatic rings. The Morgan fingerprint density at radius 3 is 2.54 bits per heavy atom. The fraction of sp³-hybridized carbons (Fsp3) is 0.611. The van der Waals surface area contributed by atoms with Gasteiger partial charge in [-0.05, 0) is 43.9 Å². The summed E-state index contributed by atoms with van der Waals surface area (Å²) >= 11 is 0. The lowest BCUT2D eigenvalue weighted by molar-refractivity contribution is 0.0992. The lowest BCUT2D eigenvalue weighted by atomic mass is 9.96. The van der Waals surface area contributed by atoms with E-state index in [1.807, 2.05) is 0 Å². The quantitative estimate of drug-likeness (QED) is 0.417. The summed E-state index contributed by atoms with van der Waals surface area (Å²) in [5, 5.41) is 6.90. The molecule has 3 atom stereocenters. The van der Waals surface area contributed by atoms with Crippen molar-refractivity contribution in [3.8, 4) is 0 Å². The van der Waals surface area contributed by atoms with E-state index in [1.165, 1.54) is 24.1 Å². The molecular weight excluding hydrogens is 415 g/mol. The highest BCUT2D eigenvalue weighted by atomic mass is 127. The van der Waals surface area contributed by atoms with Gasteiger partial charge in [0.25, 0.3) is 0 Å². The molecular formula is C18H29IN4O. The van der Waals surface area contributed by atoms with Gasteiger partial charge in [0.05, 0.1) is 24.8 Å². The zero-order valence-electron chi connectivity index (χ0n) is 14.8. The highest BCUT2D eigenvalue weighted by Crippen LogP contribution is 2.34. The van der Waals surface area contributed by atoms with Gasteiger partial charge in [0.15, 0.2) is 5.96 Å². The van der Waals surface area contributed by atoms with Gasteiger partial charge in [-0.3, -0.25) is 0 Å². The van der Waals surface area contributed by atoms with Crippen LogP contribution in [0.3, 0.4) is 0 Å². The monoisotopic (exact) mass is 444 g/mol. The molecule has 2 fully saturated rings. The van der Waals surface area contributed by atoms with Gasteiger partial charge in [0, 0.05) is 26.3 Å². The molecule has 6 heteroatoms. The second-order valence-electron chi connectivity index (χ2n) is 6.62. The number of ether oxygens (including phenoxy) is 1. The number of nitrogens with zero attached hydrogens (tertiary/aromatic N) is 2. The number of guanidine groups is 1. The van der Waals surface area contributed by atoms with Gasteiger partial charge in [-0.15, -0.1) is 24.0 Å². The van der Waals surface area contributed by atoms with Crippen LogP contribution >= 0.6 is 24.0 Å². The van der Waals surface area contributed by atoms with E-state index in [-0.39, 0.29) is 24.0 Å². The Bertz CT molecular complexity index is 546. The molecule has 2 heterocycles. The van der Waals surface area contributed by atoms with Crippen LogP contribution in [-0.4, -0.2) is 44.8 Å². The molecule has 2 aliphatic heterocycles. The topological polar surface area (TPSA) is 48.9 Å². The van der Waals surface area contributed by atoms with Crippen LogP contribution in [0, 0.1) is 0 Å². The van der Waals surface area contributed by atoms with E-state index in [2.05, 4.69) is 60.8 Å². The molecule has 3 unspecified atom stereocenters. The summed E-state index contributed by atoms with van der Waals surface area (Å²) in [6.45, 7) is 3.65. The normalized spacial score (nSPS) is 25.3. The Kier molecular flexibility index (Phi) is 7.16. The Morgan fingerprint density at radius 2 is 2.00 bits per heavy atom. The Balaban J connectivity index is 0.00000208. The predicted molar refractivity (Wildman–Crippen MR) is 110 cm³/mol. The van der Waals surface area contributed by atoms with Crippen molar-refractivity contribution in [2.75, 3.05) is 25.5 Å². The molecule has 2 aliphatic rings. The first-order chi connectivity index (χ1) is 11.2. The molecule has 5 nitrogen and oxygen atoms in total.